The molecule has 0 radical (unpaired) electrons. The van der Waals surface area contributed by atoms with E-state index in [4.69, 9.17) is 5.73 Å². The van der Waals surface area contributed by atoms with Crippen LogP contribution < -0.4 is 5.73 Å². The van der Waals surface area contributed by atoms with Crippen molar-refractivity contribution in [2.75, 3.05) is 13.1 Å². The number of hydrogen-bond donors (Lipinski definition) is 1. The van der Waals surface area contributed by atoms with Gasteiger partial charge in [-0.2, -0.15) is 0 Å². The molecule has 0 unspecified atom stereocenters. The molecule has 1 aliphatic heterocycles. The summed E-state index contributed by atoms with van der Waals surface area (Å²) in [5, 5.41) is 0. The Bertz CT molecular complexity index is 680. The summed E-state index contributed by atoms with van der Waals surface area (Å²) in [5.74, 6) is 0.929. The number of likely N-dealkylation sites (tertiary alicyclic amines) is 1. The molecule has 2 aliphatic carbocycles. The van der Waals surface area contributed by atoms with Crippen LogP contribution in [0.5, 0.6) is 0 Å². The summed E-state index contributed by atoms with van der Waals surface area (Å²) in [6, 6.07) is 10.9. The van der Waals surface area contributed by atoms with Gasteiger partial charge < -0.3 is 15.5 Å². The molecule has 3 aliphatic rings. The molecule has 0 spiro atoms. The number of piperidine rings is 1. The Balaban J connectivity index is 1.29. The van der Waals surface area contributed by atoms with Crippen LogP contribution in [0.3, 0.4) is 0 Å². The Hall–Kier alpha value is -1.88. The zero-order valence-electron chi connectivity index (χ0n) is 16.8. The Kier molecular flexibility index (Phi) is 6.00. The van der Waals surface area contributed by atoms with Crippen LogP contribution >= 0.6 is 0 Å². The molecule has 28 heavy (non-hydrogen) atoms. The predicted molar refractivity (Wildman–Crippen MR) is 109 cm³/mol. The van der Waals surface area contributed by atoms with Gasteiger partial charge in [-0.25, -0.2) is 0 Å². The Morgan fingerprint density at radius 3 is 2.32 bits per heavy atom. The number of amides is 2. The van der Waals surface area contributed by atoms with Crippen molar-refractivity contribution in [2.24, 2.45) is 17.6 Å². The first-order valence-electron chi connectivity index (χ1n) is 11.0. The molecule has 4 rings (SSSR count). The Labute approximate surface area is 168 Å². The van der Waals surface area contributed by atoms with Crippen molar-refractivity contribution in [3.63, 3.8) is 0 Å². The van der Waals surface area contributed by atoms with Gasteiger partial charge in [0.25, 0.3) is 0 Å². The monoisotopic (exact) mass is 383 g/mol. The van der Waals surface area contributed by atoms with Crippen molar-refractivity contribution < 1.29 is 9.59 Å². The summed E-state index contributed by atoms with van der Waals surface area (Å²) in [6.07, 6.45) is 7.69. The van der Waals surface area contributed by atoms with Gasteiger partial charge in [0.05, 0.1) is 0 Å². The lowest BCUT2D eigenvalue weighted by molar-refractivity contribution is -0.142. The highest BCUT2D eigenvalue weighted by atomic mass is 16.2. The van der Waals surface area contributed by atoms with E-state index in [9.17, 15) is 9.59 Å². The average Bonchev–Trinajstić information content (AvgIpc) is 3.49. The molecular formula is C23H33N3O2. The van der Waals surface area contributed by atoms with E-state index >= 15 is 0 Å². The van der Waals surface area contributed by atoms with Crippen LogP contribution in [0.25, 0.3) is 0 Å². The maximum atomic E-state index is 13.2. The summed E-state index contributed by atoms with van der Waals surface area (Å²) >= 11 is 0. The van der Waals surface area contributed by atoms with Gasteiger partial charge in [-0.1, -0.05) is 36.8 Å². The number of carbonyl (C=O) groups is 2. The lowest BCUT2D eigenvalue weighted by Gasteiger charge is -2.35. The molecule has 1 aromatic rings. The molecule has 5 heteroatoms. The normalized spacial score (nSPS) is 25.7. The molecule has 152 valence electrons. The molecule has 2 atom stereocenters. The van der Waals surface area contributed by atoms with Gasteiger partial charge >= 0.3 is 0 Å². The minimum Gasteiger partial charge on any atom is -0.343 e. The molecule has 0 bridgehead atoms. The zero-order valence-corrected chi connectivity index (χ0v) is 16.8. The number of rotatable bonds is 6. The molecule has 1 aromatic carbocycles. The lowest BCUT2D eigenvalue weighted by atomic mass is 9.93. The largest absolute Gasteiger partial charge is 0.343 e. The van der Waals surface area contributed by atoms with Gasteiger partial charge in [-0.3, -0.25) is 9.59 Å². The smallest absolute Gasteiger partial charge is 0.226 e. The van der Waals surface area contributed by atoms with Gasteiger partial charge in [0.15, 0.2) is 0 Å². The summed E-state index contributed by atoms with van der Waals surface area (Å²) in [7, 11) is 0. The second-order valence-corrected chi connectivity index (χ2v) is 8.90. The third kappa shape index (κ3) is 4.57. The number of nitrogens with two attached hydrogens (primary N) is 1. The highest BCUT2D eigenvalue weighted by Crippen LogP contribution is 2.32. The van der Waals surface area contributed by atoms with Crippen molar-refractivity contribution in [1.82, 2.24) is 9.80 Å². The zero-order chi connectivity index (χ0) is 19.5. The molecule has 5 nitrogen and oxygen atoms in total. The molecule has 1 heterocycles. The van der Waals surface area contributed by atoms with Gasteiger partial charge in [-0.15, -0.1) is 0 Å². The number of carbonyl (C=O) groups excluding carboxylic acids is 2. The van der Waals surface area contributed by atoms with E-state index in [-0.39, 0.29) is 23.8 Å². The molecule has 2 amide bonds. The van der Waals surface area contributed by atoms with E-state index in [1.54, 1.807) is 0 Å². The maximum Gasteiger partial charge on any atom is 0.226 e. The minimum absolute atomic E-state index is 0.0575. The van der Waals surface area contributed by atoms with Crippen molar-refractivity contribution >= 4 is 11.8 Å². The number of hydrogen-bond acceptors (Lipinski definition) is 3. The topological polar surface area (TPSA) is 66.6 Å². The molecule has 2 saturated carbocycles. The summed E-state index contributed by atoms with van der Waals surface area (Å²) in [4.78, 5) is 29.9. The van der Waals surface area contributed by atoms with Crippen LogP contribution in [0.15, 0.2) is 30.3 Å². The Morgan fingerprint density at radius 1 is 1.00 bits per heavy atom. The van der Waals surface area contributed by atoms with Crippen LogP contribution in [0.2, 0.25) is 0 Å². The first kappa shape index (κ1) is 19.4. The highest BCUT2D eigenvalue weighted by molar-refractivity contribution is 5.81. The molecule has 2 N–H and O–H groups in total. The van der Waals surface area contributed by atoms with Crippen molar-refractivity contribution in [3.05, 3.63) is 35.9 Å². The molecule has 3 fully saturated rings. The van der Waals surface area contributed by atoms with Crippen LogP contribution in [-0.2, 0) is 16.1 Å². The SMILES string of the molecule is N[C@@H]1CCC[C@H]1CC(=O)N1CCC(C(=O)N(Cc2ccccc2)C2CC2)CC1. The third-order valence-electron chi connectivity index (χ3n) is 6.82. The molecular weight excluding hydrogens is 350 g/mol. The van der Waals surface area contributed by atoms with Gasteiger partial charge in [0, 0.05) is 44.1 Å². The summed E-state index contributed by atoms with van der Waals surface area (Å²) < 4.78 is 0. The number of nitrogens with zero attached hydrogens (tertiary/aromatic N) is 2. The fourth-order valence-corrected chi connectivity index (χ4v) is 4.84. The van der Waals surface area contributed by atoms with Gasteiger partial charge in [-0.05, 0) is 50.0 Å². The van der Waals surface area contributed by atoms with E-state index in [2.05, 4.69) is 17.0 Å². The van der Waals surface area contributed by atoms with E-state index in [1.807, 2.05) is 23.1 Å². The summed E-state index contributed by atoms with van der Waals surface area (Å²) in [5.41, 5.74) is 7.33. The van der Waals surface area contributed by atoms with E-state index in [0.717, 1.165) is 44.9 Å². The van der Waals surface area contributed by atoms with Gasteiger partial charge in [0.1, 0.15) is 0 Å². The van der Waals surface area contributed by atoms with Crippen molar-refractivity contribution in [3.8, 4) is 0 Å². The molecule has 0 aromatic heterocycles. The first-order valence-corrected chi connectivity index (χ1v) is 11.0. The third-order valence-corrected chi connectivity index (χ3v) is 6.82. The van der Waals surface area contributed by atoms with E-state index in [1.165, 1.54) is 5.56 Å². The van der Waals surface area contributed by atoms with Crippen LogP contribution in [-0.4, -0.2) is 46.8 Å². The number of benzene rings is 1. The molecule has 1 saturated heterocycles. The second kappa shape index (κ2) is 8.64. The van der Waals surface area contributed by atoms with Crippen LogP contribution in [0.1, 0.15) is 56.9 Å². The maximum absolute atomic E-state index is 13.2. The average molecular weight is 384 g/mol. The summed E-state index contributed by atoms with van der Waals surface area (Å²) in [6.45, 7) is 2.13. The Morgan fingerprint density at radius 2 is 1.71 bits per heavy atom. The predicted octanol–water partition coefficient (Wildman–Crippen LogP) is 2.93. The van der Waals surface area contributed by atoms with E-state index in [0.29, 0.717) is 38.0 Å². The second-order valence-electron chi connectivity index (χ2n) is 8.90. The fraction of sp³-hybridized carbons (Fsp3) is 0.652. The minimum atomic E-state index is 0.0575. The van der Waals surface area contributed by atoms with E-state index < -0.39 is 0 Å². The van der Waals surface area contributed by atoms with Crippen LogP contribution in [0.4, 0.5) is 0 Å². The standard InChI is InChI=1S/C23H33N3O2/c24-21-8-4-7-19(21)15-22(27)25-13-11-18(12-14-25)23(28)26(20-9-10-20)16-17-5-2-1-3-6-17/h1-3,5-6,18-21H,4,7-16,24H2/t19-,21+/m0/s1. The quantitative estimate of drug-likeness (QED) is 0.821. The highest BCUT2D eigenvalue weighted by Gasteiger charge is 2.37. The van der Waals surface area contributed by atoms with Crippen molar-refractivity contribution in [2.45, 2.75) is 70.0 Å². The fourth-order valence-electron chi connectivity index (χ4n) is 4.84. The van der Waals surface area contributed by atoms with Crippen LogP contribution in [0, 0.1) is 11.8 Å². The first-order chi connectivity index (χ1) is 13.6. The van der Waals surface area contributed by atoms with Crippen molar-refractivity contribution in [1.29, 1.82) is 0 Å². The van der Waals surface area contributed by atoms with Gasteiger partial charge in [0.2, 0.25) is 11.8 Å². The lowest BCUT2D eigenvalue weighted by Crippen LogP contribution is -2.45.